The Morgan fingerprint density at radius 2 is 2.42 bits per heavy atom. The van der Waals surface area contributed by atoms with E-state index in [2.05, 4.69) is 5.32 Å². The second-order valence-corrected chi connectivity index (χ2v) is 2.31. The molecule has 0 spiro atoms. The van der Waals surface area contributed by atoms with Gasteiger partial charge in [-0.05, 0) is 6.92 Å². The number of allylic oxidation sites excluding steroid dienone is 1. The fourth-order valence-electron chi connectivity index (χ4n) is 0.547. The van der Waals surface area contributed by atoms with Gasteiger partial charge in [0.25, 0.3) is 6.20 Å². The normalized spacial score (nSPS) is 14.1. The van der Waals surface area contributed by atoms with Gasteiger partial charge in [0.1, 0.15) is 0 Å². The lowest BCUT2D eigenvalue weighted by Crippen LogP contribution is -2.28. The number of aliphatic hydroxyl groups excluding tert-OH is 2. The van der Waals surface area contributed by atoms with E-state index < -0.39 is 11.0 Å². The fourth-order valence-corrected chi connectivity index (χ4v) is 0.547. The monoisotopic (exact) mass is 176 g/mol. The summed E-state index contributed by atoms with van der Waals surface area (Å²) >= 11 is 0. The highest BCUT2D eigenvalue weighted by Gasteiger charge is 2.01. The highest BCUT2D eigenvalue weighted by Crippen LogP contribution is 1.87. The van der Waals surface area contributed by atoms with Crippen molar-refractivity contribution in [2.24, 2.45) is 0 Å². The first kappa shape index (κ1) is 10.9. The quantitative estimate of drug-likeness (QED) is 0.371. The van der Waals surface area contributed by atoms with Crippen LogP contribution < -0.4 is 5.32 Å². The molecule has 0 saturated carbocycles. The van der Waals surface area contributed by atoms with Crippen LogP contribution in [0.5, 0.6) is 0 Å². The minimum atomic E-state index is -0.889. The minimum Gasteiger partial charge on any atom is -0.394 e. The molecule has 12 heavy (non-hydrogen) atoms. The maximum Gasteiger partial charge on any atom is 0.252 e. The van der Waals surface area contributed by atoms with E-state index in [9.17, 15) is 10.1 Å². The van der Waals surface area contributed by atoms with Crippen LogP contribution >= 0.6 is 0 Å². The van der Waals surface area contributed by atoms with Gasteiger partial charge in [0, 0.05) is 6.54 Å². The van der Waals surface area contributed by atoms with Crippen LogP contribution in [0.3, 0.4) is 0 Å². The molecule has 0 amide bonds. The van der Waals surface area contributed by atoms with Crippen molar-refractivity contribution in [3.63, 3.8) is 0 Å². The molecule has 0 bridgehead atoms. The van der Waals surface area contributed by atoms with Crippen molar-refractivity contribution in [2.75, 3.05) is 13.2 Å². The van der Waals surface area contributed by atoms with Crippen LogP contribution in [0.25, 0.3) is 0 Å². The van der Waals surface area contributed by atoms with E-state index in [-0.39, 0.29) is 13.2 Å². The standard InChI is InChI=1S/C6H12N2O4/c1-5(3-8(11)12)7-2-6(10)4-9/h3,6-7,9-10H,2,4H2,1H3/b5-3-/t6-/m1/s1. The van der Waals surface area contributed by atoms with Crippen LogP contribution in [0, 0.1) is 10.1 Å². The zero-order valence-electron chi connectivity index (χ0n) is 6.73. The van der Waals surface area contributed by atoms with Crippen LogP contribution in [0.4, 0.5) is 0 Å². The van der Waals surface area contributed by atoms with Gasteiger partial charge in [-0.3, -0.25) is 10.1 Å². The molecule has 0 aliphatic carbocycles. The average molecular weight is 176 g/mol. The second kappa shape index (κ2) is 5.50. The smallest absolute Gasteiger partial charge is 0.252 e. The van der Waals surface area contributed by atoms with Crippen LogP contribution in [0.2, 0.25) is 0 Å². The number of hydrogen-bond donors (Lipinski definition) is 3. The van der Waals surface area contributed by atoms with Crippen LogP contribution in [-0.4, -0.2) is 34.4 Å². The van der Waals surface area contributed by atoms with Crippen molar-refractivity contribution in [3.05, 3.63) is 22.0 Å². The van der Waals surface area contributed by atoms with Gasteiger partial charge in [0.15, 0.2) is 0 Å². The van der Waals surface area contributed by atoms with E-state index in [1.165, 1.54) is 6.92 Å². The van der Waals surface area contributed by atoms with Gasteiger partial charge < -0.3 is 15.5 Å². The summed E-state index contributed by atoms with van der Waals surface area (Å²) in [7, 11) is 0. The van der Waals surface area contributed by atoms with E-state index in [4.69, 9.17) is 10.2 Å². The molecule has 1 atom stereocenters. The van der Waals surface area contributed by atoms with Gasteiger partial charge in [-0.2, -0.15) is 0 Å². The molecule has 0 aromatic rings. The number of nitro groups is 1. The Bertz CT molecular complexity index is 180. The largest absolute Gasteiger partial charge is 0.394 e. The molecule has 0 aromatic heterocycles. The third-order valence-electron chi connectivity index (χ3n) is 1.13. The molecule has 0 fully saturated rings. The first-order chi connectivity index (χ1) is 5.56. The molecule has 0 heterocycles. The van der Waals surface area contributed by atoms with Crippen molar-refractivity contribution >= 4 is 0 Å². The summed E-state index contributed by atoms with van der Waals surface area (Å²) in [4.78, 5) is 9.31. The van der Waals surface area contributed by atoms with Crippen LogP contribution in [0.15, 0.2) is 11.9 Å². The first-order valence-corrected chi connectivity index (χ1v) is 3.41. The molecule has 0 radical (unpaired) electrons. The Morgan fingerprint density at radius 3 is 2.83 bits per heavy atom. The molecule has 3 N–H and O–H groups in total. The fraction of sp³-hybridized carbons (Fsp3) is 0.667. The lowest BCUT2D eigenvalue weighted by molar-refractivity contribution is -0.403. The van der Waals surface area contributed by atoms with Crippen molar-refractivity contribution in [3.8, 4) is 0 Å². The Labute approximate surface area is 69.7 Å². The summed E-state index contributed by atoms with van der Waals surface area (Å²) < 4.78 is 0. The van der Waals surface area contributed by atoms with Crippen molar-refractivity contribution < 1.29 is 15.1 Å². The predicted molar refractivity (Wildman–Crippen MR) is 41.8 cm³/mol. The lowest BCUT2D eigenvalue weighted by atomic mass is 10.3. The average Bonchev–Trinajstić information content (AvgIpc) is 1.99. The Hall–Kier alpha value is -1.14. The molecule has 0 saturated heterocycles. The zero-order valence-corrected chi connectivity index (χ0v) is 6.73. The molecule has 6 heteroatoms. The van der Waals surface area contributed by atoms with Gasteiger partial charge in [-0.25, -0.2) is 0 Å². The maximum atomic E-state index is 9.90. The zero-order chi connectivity index (χ0) is 9.56. The predicted octanol–water partition coefficient (Wildman–Crippen LogP) is -0.933. The molecule has 0 aliphatic rings. The Balaban J connectivity index is 3.70. The summed E-state index contributed by atoms with van der Waals surface area (Å²) in [6, 6.07) is 0. The second-order valence-electron chi connectivity index (χ2n) is 2.31. The summed E-state index contributed by atoms with van der Waals surface area (Å²) in [6.07, 6.45) is -0.0931. The molecular formula is C6H12N2O4. The summed E-state index contributed by atoms with van der Waals surface area (Å²) in [6.45, 7) is 1.25. The van der Waals surface area contributed by atoms with E-state index in [1.54, 1.807) is 0 Å². The lowest BCUT2D eigenvalue weighted by Gasteiger charge is -2.08. The third-order valence-corrected chi connectivity index (χ3v) is 1.13. The van der Waals surface area contributed by atoms with Crippen LogP contribution in [0.1, 0.15) is 6.92 Å². The summed E-state index contributed by atoms with van der Waals surface area (Å²) in [5.41, 5.74) is 0.340. The van der Waals surface area contributed by atoms with E-state index >= 15 is 0 Å². The number of nitrogens with zero attached hydrogens (tertiary/aromatic N) is 1. The van der Waals surface area contributed by atoms with E-state index in [0.717, 1.165) is 6.20 Å². The van der Waals surface area contributed by atoms with Gasteiger partial charge in [-0.1, -0.05) is 0 Å². The summed E-state index contributed by atoms with van der Waals surface area (Å²) in [5, 5.41) is 29.7. The minimum absolute atomic E-state index is 0.104. The van der Waals surface area contributed by atoms with Crippen molar-refractivity contribution in [1.82, 2.24) is 5.32 Å². The van der Waals surface area contributed by atoms with Crippen molar-refractivity contribution in [1.29, 1.82) is 0 Å². The van der Waals surface area contributed by atoms with Gasteiger partial charge >= 0.3 is 0 Å². The Morgan fingerprint density at radius 1 is 1.83 bits per heavy atom. The highest BCUT2D eigenvalue weighted by atomic mass is 16.6. The highest BCUT2D eigenvalue weighted by molar-refractivity contribution is 4.89. The molecule has 0 aromatic carbocycles. The third kappa shape index (κ3) is 5.63. The molecule has 0 unspecified atom stereocenters. The molecule has 0 rings (SSSR count). The van der Waals surface area contributed by atoms with Gasteiger partial charge in [-0.15, -0.1) is 0 Å². The number of nitrogens with one attached hydrogen (secondary N) is 1. The topological polar surface area (TPSA) is 95.6 Å². The van der Waals surface area contributed by atoms with Gasteiger partial charge in [0.2, 0.25) is 0 Å². The van der Waals surface area contributed by atoms with E-state index in [0.29, 0.717) is 5.70 Å². The van der Waals surface area contributed by atoms with Crippen molar-refractivity contribution in [2.45, 2.75) is 13.0 Å². The number of aliphatic hydroxyl groups is 2. The molecule has 70 valence electrons. The molecular weight excluding hydrogens is 164 g/mol. The summed E-state index contributed by atoms with van der Waals surface area (Å²) in [5.74, 6) is 0. The number of hydrogen-bond acceptors (Lipinski definition) is 5. The molecule has 6 nitrogen and oxygen atoms in total. The maximum absolute atomic E-state index is 9.90. The molecule has 0 aliphatic heterocycles. The SMILES string of the molecule is C/C(=C/[N+](=O)[O-])NC[C@@H](O)CO. The van der Waals surface area contributed by atoms with Gasteiger partial charge in [0.05, 0.1) is 23.3 Å². The number of rotatable bonds is 5. The van der Waals surface area contributed by atoms with Crippen LogP contribution in [-0.2, 0) is 0 Å². The van der Waals surface area contributed by atoms with E-state index in [1.807, 2.05) is 0 Å². The Kier molecular flexibility index (Phi) is 4.98. The first-order valence-electron chi connectivity index (χ1n) is 3.41.